The molecule has 1 saturated carbocycles. The van der Waals surface area contributed by atoms with Gasteiger partial charge >= 0.3 is 5.97 Å². The highest BCUT2D eigenvalue weighted by Gasteiger charge is 2.29. The van der Waals surface area contributed by atoms with Gasteiger partial charge in [-0.2, -0.15) is 0 Å². The summed E-state index contributed by atoms with van der Waals surface area (Å²) in [5, 5.41) is 9.08. The third kappa shape index (κ3) is 4.17. The second-order valence-corrected chi connectivity index (χ2v) is 5.66. The van der Waals surface area contributed by atoms with Gasteiger partial charge in [-0.05, 0) is 56.8 Å². The Labute approximate surface area is 124 Å². The van der Waals surface area contributed by atoms with Crippen LogP contribution in [0.2, 0.25) is 0 Å². The average Bonchev–Trinajstić information content (AvgIpc) is 2.48. The third-order valence-corrected chi connectivity index (χ3v) is 4.23. The lowest BCUT2D eigenvalue weighted by molar-refractivity contribution is -0.142. The van der Waals surface area contributed by atoms with Crippen LogP contribution in [-0.2, 0) is 4.79 Å². The molecule has 0 radical (unpaired) electrons. The number of carbonyl (C=O) groups is 1. The van der Waals surface area contributed by atoms with Crippen LogP contribution >= 0.6 is 0 Å². The monoisotopic (exact) mass is 294 g/mol. The van der Waals surface area contributed by atoms with Crippen LogP contribution in [0.1, 0.15) is 32.1 Å². The molecule has 116 valence electrons. The van der Waals surface area contributed by atoms with Gasteiger partial charge in [0.05, 0.1) is 5.92 Å². The maximum absolute atomic E-state index is 13.5. The van der Waals surface area contributed by atoms with Crippen molar-refractivity contribution < 1.29 is 14.3 Å². The fourth-order valence-corrected chi connectivity index (χ4v) is 3.07. The first kappa shape index (κ1) is 15.8. The van der Waals surface area contributed by atoms with Crippen molar-refractivity contribution >= 4 is 11.7 Å². The minimum absolute atomic E-state index is 0.231. The van der Waals surface area contributed by atoms with Crippen LogP contribution in [0.4, 0.5) is 10.1 Å². The van der Waals surface area contributed by atoms with Gasteiger partial charge in [0.15, 0.2) is 0 Å². The highest BCUT2D eigenvalue weighted by atomic mass is 19.1. The van der Waals surface area contributed by atoms with E-state index in [1.807, 2.05) is 6.07 Å². The number of carboxylic acid groups (broad SMARTS) is 1. The van der Waals surface area contributed by atoms with E-state index in [0.29, 0.717) is 19.4 Å². The summed E-state index contributed by atoms with van der Waals surface area (Å²) in [4.78, 5) is 13.2. The number of rotatable bonds is 6. The Kier molecular flexibility index (Phi) is 5.56. The molecule has 0 heterocycles. The van der Waals surface area contributed by atoms with Gasteiger partial charge in [-0.3, -0.25) is 4.79 Å². The van der Waals surface area contributed by atoms with Crippen LogP contribution in [0, 0.1) is 11.7 Å². The molecule has 0 aliphatic heterocycles. The second-order valence-electron chi connectivity index (χ2n) is 5.66. The zero-order valence-electron chi connectivity index (χ0n) is 12.2. The van der Waals surface area contributed by atoms with Crippen LogP contribution < -0.4 is 10.6 Å². The minimum Gasteiger partial charge on any atom is -0.481 e. The Morgan fingerprint density at radius 3 is 2.62 bits per heavy atom. The van der Waals surface area contributed by atoms with E-state index in [-0.39, 0.29) is 17.8 Å². The number of nitrogens with two attached hydrogens (primary N) is 1. The summed E-state index contributed by atoms with van der Waals surface area (Å²) in [5.74, 6) is -1.18. The average molecular weight is 294 g/mol. The van der Waals surface area contributed by atoms with Crippen molar-refractivity contribution in [2.24, 2.45) is 11.7 Å². The standard InChI is InChI=1S/C16H23FN2O2/c17-13-3-1-4-15(11-13)19(10-2-9-18)14-7-5-12(6-8-14)16(20)21/h1,3-4,11-12,14H,2,5-10,18H2,(H,20,21). The molecule has 4 nitrogen and oxygen atoms in total. The maximum Gasteiger partial charge on any atom is 0.306 e. The van der Waals surface area contributed by atoms with Crippen molar-refractivity contribution in [1.29, 1.82) is 0 Å². The summed E-state index contributed by atoms with van der Waals surface area (Å²) < 4.78 is 13.5. The first-order valence-electron chi connectivity index (χ1n) is 7.57. The Morgan fingerprint density at radius 2 is 2.05 bits per heavy atom. The fraction of sp³-hybridized carbons (Fsp3) is 0.562. The summed E-state index contributed by atoms with van der Waals surface area (Å²) in [5.41, 5.74) is 6.46. The van der Waals surface area contributed by atoms with E-state index in [0.717, 1.165) is 31.5 Å². The Bertz CT molecular complexity index is 473. The quantitative estimate of drug-likeness (QED) is 0.846. The molecule has 5 heteroatoms. The van der Waals surface area contributed by atoms with Crippen molar-refractivity contribution in [1.82, 2.24) is 0 Å². The van der Waals surface area contributed by atoms with Crippen LogP contribution in [0.3, 0.4) is 0 Å². The first-order valence-corrected chi connectivity index (χ1v) is 7.57. The number of hydrogen-bond acceptors (Lipinski definition) is 3. The van der Waals surface area contributed by atoms with Crippen molar-refractivity contribution in [3.63, 3.8) is 0 Å². The molecule has 0 atom stereocenters. The molecular weight excluding hydrogens is 271 g/mol. The number of benzene rings is 1. The molecule has 0 amide bonds. The zero-order chi connectivity index (χ0) is 15.2. The molecule has 3 N–H and O–H groups in total. The first-order chi connectivity index (χ1) is 10.1. The van der Waals surface area contributed by atoms with E-state index in [2.05, 4.69) is 4.90 Å². The molecule has 1 aliphatic carbocycles. The molecule has 0 bridgehead atoms. The third-order valence-electron chi connectivity index (χ3n) is 4.23. The second kappa shape index (κ2) is 7.41. The largest absolute Gasteiger partial charge is 0.481 e. The molecule has 1 fully saturated rings. The molecule has 0 aromatic heterocycles. The fourth-order valence-electron chi connectivity index (χ4n) is 3.07. The number of hydrogen-bond donors (Lipinski definition) is 2. The van der Waals surface area contributed by atoms with Gasteiger partial charge < -0.3 is 15.7 Å². The zero-order valence-corrected chi connectivity index (χ0v) is 12.2. The molecule has 1 aromatic carbocycles. The molecule has 1 aliphatic rings. The van der Waals surface area contributed by atoms with Gasteiger partial charge in [-0.1, -0.05) is 6.07 Å². The summed E-state index contributed by atoms with van der Waals surface area (Å²) >= 11 is 0. The van der Waals surface area contributed by atoms with E-state index in [9.17, 15) is 9.18 Å². The molecule has 2 rings (SSSR count). The number of anilines is 1. The van der Waals surface area contributed by atoms with Gasteiger partial charge in [0.2, 0.25) is 0 Å². The van der Waals surface area contributed by atoms with Crippen molar-refractivity contribution in [3.05, 3.63) is 30.1 Å². The van der Waals surface area contributed by atoms with Gasteiger partial charge in [0, 0.05) is 18.3 Å². The summed E-state index contributed by atoms with van der Waals surface area (Å²) in [6.07, 6.45) is 3.88. The van der Waals surface area contributed by atoms with E-state index < -0.39 is 5.97 Å². The Morgan fingerprint density at radius 1 is 1.33 bits per heavy atom. The number of aliphatic carboxylic acids is 1. The highest BCUT2D eigenvalue weighted by molar-refractivity contribution is 5.70. The van der Waals surface area contributed by atoms with E-state index in [1.54, 1.807) is 12.1 Å². The molecule has 0 saturated heterocycles. The predicted octanol–water partition coefficient (Wildman–Crippen LogP) is 2.62. The predicted molar refractivity (Wildman–Crippen MR) is 80.8 cm³/mol. The van der Waals surface area contributed by atoms with Gasteiger partial charge in [0.25, 0.3) is 0 Å². The van der Waals surface area contributed by atoms with Crippen molar-refractivity contribution in [2.75, 3.05) is 18.0 Å². The van der Waals surface area contributed by atoms with Crippen LogP contribution in [0.25, 0.3) is 0 Å². The summed E-state index contributed by atoms with van der Waals surface area (Å²) in [6, 6.07) is 6.87. The topological polar surface area (TPSA) is 66.6 Å². The van der Waals surface area contributed by atoms with Gasteiger partial charge in [-0.15, -0.1) is 0 Å². The number of nitrogens with zero attached hydrogens (tertiary/aromatic N) is 1. The van der Waals surface area contributed by atoms with E-state index >= 15 is 0 Å². The number of carboxylic acids is 1. The molecule has 0 spiro atoms. The Balaban J connectivity index is 2.08. The van der Waals surface area contributed by atoms with Crippen LogP contribution in [0.5, 0.6) is 0 Å². The Hall–Kier alpha value is -1.62. The summed E-state index contributed by atoms with van der Waals surface area (Å²) in [6.45, 7) is 1.37. The molecular formula is C16H23FN2O2. The van der Waals surface area contributed by atoms with Crippen LogP contribution in [0.15, 0.2) is 24.3 Å². The van der Waals surface area contributed by atoms with Crippen molar-refractivity contribution in [3.8, 4) is 0 Å². The normalized spacial score (nSPS) is 22.0. The maximum atomic E-state index is 13.5. The van der Waals surface area contributed by atoms with E-state index in [1.165, 1.54) is 6.07 Å². The van der Waals surface area contributed by atoms with Gasteiger partial charge in [-0.25, -0.2) is 4.39 Å². The smallest absolute Gasteiger partial charge is 0.306 e. The minimum atomic E-state index is -0.701. The van der Waals surface area contributed by atoms with Crippen molar-refractivity contribution in [2.45, 2.75) is 38.1 Å². The van der Waals surface area contributed by atoms with Gasteiger partial charge in [0.1, 0.15) is 5.82 Å². The van der Waals surface area contributed by atoms with Crippen LogP contribution in [-0.4, -0.2) is 30.2 Å². The summed E-state index contributed by atoms with van der Waals surface area (Å²) in [7, 11) is 0. The highest BCUT2D eigenvalue weighted by Crippen LogP contribution is 2.31. The SMILES string of the molecule is NCCCN(c1cccc(F)c1)C1CCC(C(=O)O)CC1. The molecule has 1 aromatic rings. The van der Waals surface area contributed by atoms with E-state index in [4.69, 9.17) is 10.8 Å². The lowest BCUT2D eigenvalue weighted by atomic mass is 9.85. The lowest BCUT2D eigenvalue weighted by Crippen LogP contribution is -2.40. The molecule has 0 unspecified atom stereocenters. The number of halogens is 1. The lowest BCUT2D eigenvalue weighted by Gasteiger charge is -2.37. The molecule has 21 heavy (non-hydrogen) atoms.